The smallest absolute Gasteiger partial charge is 0.382 e. The molecular formula is C13H10F2I2O7. The van der Waals surface area contributed by atoms with E-state index >= 15 is 0 Å². The molecule has 0 bridgehead atoms. The highest BCUT2D eigenvalue weighted by atomic mass is 127. The minimum atomic E-state index is -4.44. The van der Waals surface area contributed by atoms with Gasteiger partial charge in [0.1, 0.15) is 5.75 Å². The van der Waals surface area contributed by atoms with E-state index in [0.717, 1.165) is 12.1 Å². The molecule has 0 aliphatic carbocycles. The number of carboxylic acids is 2. The highest BCUT2D eigenvalue weighted by Gasteiger charge is 2.51. The van der Waals surface area contributed by atoms with Crippen molar-refractivity contribution in [3.05, 3.63) is 24.8 Å². The highest BCUT2D eigenvalue weighted by molar-refractivity contribution is 14.1. The number of carbonyl (C=O) groups excluding carboxylic acids is 1. The Labute approximate surface area is 161 Å². The normalized spacial score (nSPS) is 12.5. The second-order valence-electron chi connectivity index (χ2n) is 4.52. The quantitative estimate of drug-likeness (QED) is 0.341. The predicted octanol–water partition coefficient (Wildman–Crippen LogP) is 2.77. The summed E-state index contributed by atoms with van der Waals surface area (Å²) in [5, 5.41) is 26.9. The van der Waals surface area contributed by atoms with E-state index in [1.807, 2.05) is 0 Å². The fraction of sp³-hybridized carbons (Fsp3) is 0.308. The van der Waals surface area contributed by atoms with Gasteiger partial charge in [0.15, 0.2) is 0 Å². The Bertz CT molecular complexity index is 655. The average molecular weight is 570 g/mol. The van der Waals surface area contributed by atoms with Crippen LogP contribution < -0.4 is 0 Å². The molecule has 0 saturated heterocycles. The minimum absolute atomic E-state index is 0.155. The van der Waals surface area contributed by atoms with Crippen LogP contribution in [0.3, 0.4) is 0 Å². The first-order valence-electron chi connectivity index (χ1n) is 6.17. The molecule has 0 saturated carbocycles. The average Bonchev–Trinajstić information content (AvgIpc) is 2.47. The molecule has 1 unspecified atom stereocenters. The molecule has 132 valence electrons. The lowest BCUT2D eigenvalue weighted by Crippen LogP contribution is -2.38. The van der Waals surface area contributed by atoms with Gasteiger partial charge in [-0.25, -0.2) is 4.79 Å². The molecule has 0 amide bonds. The Morgan fingerprint density at radius 1 is 1.12 bits per heavy atom. The van der Waals surface area contributed by atoms with Crippen LogP contribution in [0.4, 0.5) is 8.78 Å². The topological polar surface area (TPSA) is 121 Å². The number of ether oxygens (including phenoxy) is 1. The van der Waals surface area contributed by atoms with E-state index in [4.69, 9.17) is 10.2 Å². The van der Waals surface area contributed by atoms with E-state index in [1.165, 1.54) is 0 Å². The van der Waals surface area contributed by atoms with Gasteiger partial charge in [0.25, 0.3) is 0 Å². The maximum absolute atomic E-state index is 14.0. The number of carbonyl (C=O) groups is 3. The zero-order chi connectivity index (χ0) is 18.7. The maximum atomic E-state index is 14.0. The maximum Gasteiger partial charge on any atom is 0.382 e. The molecule has 0 heterocycles. The third kappa shape index (κ3) is 5.12. The number of aliphatic carboxylic acids is 2. The number of esters is 1. The monoisotopic (exact) mass is 570 g/mol. The van der Waals surface area contributed by atoms with Crippen LogP contribution in [0.5, 0.6) is 5.75 Å². The van der Waals surface area contributed by atoms with Gasteiger partial charge < -0.3 is 20.1 Å². The lowest BCUT2D eigenvalue weighted by molar-refractivity contribution is -0.195. The van der Waals surface area contributed by atoms with Crippen LogP contribution >= 0.6 is 45.2 Å². The van der Waals surface area contributed by atoms with Crippen molar-refractivity contribution in [3.8, 4) is 5.75 Å². The number of alkyl halides is 2. The Morgan fingerprint density at radius 2 is 1.62 bits per heavy atom. The van der Waals surface area contributed by atoms with Crippen LogP contribution in [0.1, 0.15) is 24.5 Å². The van der Waals surface area contributed by atoms with Crippen molar-refractivity contribution in [2.75, 3.05) is 0 Å². The van der Waals surface area contributed by atoms with Crippen molar-refractivity contribution in [1.82, 2.24) is 0 Å². The molecule has 0 spiro atoms. The van der Waals surface area contributed by atoms with Crippen molar-refractivity contribution < 1.29 is 43.2 Å². The Morgan fingerprint density at radius 3 is 2.04 bits per heavy atom. The first-order chi connectivity index (χ1) is 11.0. The van der Waals surface area contributed by atoms with Crippen LogP contribution in [-0.2, 0) is 19.1 Å². The van der Waals surface area contributed by atoms with Crippen LogP contribution in [-0.4, -0.2) is 39.2 Å². The van der Waals surface area contributed by atoms with Gasteiger partial charge in [-0.1, -0.05) is 0 Å². The summed E-state index contributed by atoms with van der Waals surface area (Å²) in [6.07, 6.45) is -3.79. The van der Waals surface area contributed by atoms with Crippen molar-refractivity contribution in [1.29, 1.82) is 0 Å². The van der Waals surface area contributed by atoms with E-state index < -0.39 is 42.8 Å². The second-order valence-corrected chi connectivity index (χ2v) is 6.85. The third-order valence-corrected chi connectivity index (χ3v) is 4.39. The van der Waals surface area contributed by atoms with Gasteiger partial charge in [-0.2, -0.15) is 8.78 Å². The predicted molar refractivity (Wildman–Crippen MR) is 91.8 cm³/mol. The molecule has 1 aromatic carbocycles. The van der Waals surface area contributed by atoms with Gasteiger partial charge in [-0.15, -0.1) is 0 Å². The summed E-state index contributed by atoms with van der Waals surface area (Å²) >= 11 is 3.30. The van der Waals surface area contributed by atoms with Crippen molar-refractivity contribution >= 4 is 63.1 Å². The lowest BCUT2D eigenvalue weighted by atomic mass is 10.0. The molecule has 0 aromatic heterocycles. The molecule has 0 aliphatic rings. The number of aromatic hydroxyl groups is 1. The van der Waals surface area contributed by atoms with Crippen LogP contribution in [0.25, 0.3) is 0 Å². The van der Waals surface area contributed by atoms with E-state index in [9.17, 15) is 28.3 Å². The first kappa shape index (κ1) is 20.8. The number of benzene rings is 1. The molecule has 0 fully saturated rings. The number of rotatable bonds is 7. The summed E-state index contributed by atoms with van der Waals surface area (Å²) in [6.45, 7) is 0. The summed E-state index contributed by atoms with van der Waals surface area (Å²) in [5.74, 6) is -9.74. The zero-order valence-electron chi connectivity index (χ0n) is 11.6. The fourth-order valence-electron chi connectivity index (χ4n) is 1.60. The number of carboxylic acid groups (broad SMARTS) is 2. The largest absolute Gasteiger partial charge is 0.506 e. The van der Waals surface area contributed by atoms with E-state index in [1.54, 1.807) is 45.2 Å². The number of phenolic OH excluding ortho intramolecular Hbond substituents is 1. The molecule has 0 aliphatic heterocycles. The van der Waals surface area contributed by atoms with Gasteiger partial charge in [0.05, 0.1) is 20.0 Å². The standard InChI is InChI=1S/C13H10F2I2O7/c14-13(15,12(22)23)11(24-9(20)2-1-8(18)19)5-3-6(16)10(21)7(17)4-5/h3-4,11,21H,1-2H2,(H,18,19)(H,22,23). The number of hydrogen-bond acceptors (Lipinski definition) is 5. The summed E-state index contributed by atoms with van der Waals surface area (Å²) < 4.78 is 32.8. The van der Waals surface area contributed by atoms with Crippen molar-refractivity contribution in [3.63, 3.8) is 0 Å². The molecule has 1 aromatic rings. The third-order valence-electron chi connectivity index (χ3n) is 2.75. The summed E-state index contributed by atoms with van der Waals surface area (Å²) in [6, 6.07) is 2.12. The number of phenols is 1. The molecule has 11 heteroatoms. The van der Waals surface area contributed by atoms with Crippen LogP contribution in [0.15, 0.2) is 12.1 Å². The molecule has 7 nitrogen and oxygen atoms in total. The van der Waals surface area contributed by atoms with Gasteiger partial charge in [-0.05, 0) is 57.3 Å². The van der Waals surface area contributed by atoms with Crippen molar-refractivity contribution in [2.45, 2.75) is 24.9 Å². The molecule has 3 N–H and O–H groups in total. The van der Waals surface area contributed by atoms with Gasteiger partial charge >= 0.3 is 23.8 Å². The summed E-state index contributed by atoms with van der Waals surface area (Å²) in [4.78, 5) is 32.8. The second kappa shape index (κ2) is 8.22. The van der Waals surface area contributed by atoms with Crippen LogP contribution in [0.2, 0.25) is 0 Å². The summed E-state index contributed by atoms with van der Waals surface area (Å²) in [5.41, 5.74) is -0.335. The summed E-state index contributed by atoms with van der Waals surface area (Å²) in [7, 11) is 0. The molecule has 24 heavy (non-hydrogen) atoms. The van der Waals surface area contributed by atoms with Crippen molar-refractivity contribution in [2.24, 2.45) is 0 Å². The lowest BCUT2D eigenvalue weighted by Gasteiger charge is -2.24. The van der Waals surface area contributed by atoms with Gasteiger partial charge in [0.2, 0.25) is 6.10 Å². The van der Waals surface area contributed by atoms with E-state index in [-0.39, 0.29) is 18.5 Å². The van der Waals surface area contributed by atoms with E-state index in [2.05, 4.69) is 4.74 Å². The van der Waals surface area contributed by atoms with Gasteiger partial charge in [-0.3, -0.25) is 9.59 Å². The SMILES string of the molecule is O=C(O)CCC(=O)OC(c1cc(I)c(O)c(I)c1)C(F)(F)C(=O)O. The van der Waals surface area contributed by atoms with Crippen LogP contribution in [0, 0.1) is 7.14 Å². The van der Waals surface area contributed by atoms with E-state index in [0.29, 0.717) is 0 Å². The first-order valence-corrected chi connectivity index (χ1v) is 8.33. The number of hydrogen-bond donors (Lipinski definition) is 3. The Hall–Kier alpha value is -1.25. The molecule has 1 rings (SSSR count). The zero-order valence-corrected chi connectivity index (χ0v) is 15.9. The minimum Gasteiger partial charge on any atom is -0.506 e. The molecular weight excluding hydrogens is 560 g/mol. The molecule has 1 atom stereocenters. The number of halogens is 4. The highest BCUT2D eigenvalue weighted by Crippen LogP contribution is 2.39. The molecule has 0 radical (unpaired) electrons. The Kier molecular flexibility index (Phi) is 7.12. The fourth-order valence-corrected chi connectivity index (χ4v) is 3.42. The van der Waals surface area contributed by atoms with Gasteiger partial charge in [0, 0.05) is 5.56 Å². The Balaban J connectivity index is 3.22.